The van der Waals surface area contributed by atoms with Gasteiger partial charge in [-0.15, -0.1) is 0 Å². The Balaban J connectivity index is 0.937. The van der Waals surface area contributed by atoms with Crippen molar-refractivity contribution in [2.45, 2.75) is 379 Å². The Morgan fingerprint density at radius 2 is 0.484 bits per heavy atom. The van der Waals surface area contributed by atoms with Crippen LogP contribution < -0.4 is 16.0 Å². The van der Waals surface area contributed by atoms with Crippen LogP contribution >= 0.6 is 0 Å². The summed E-state index contributed by atoms with van der Waals surface area (Å²) in [6, 6.07) is -6.12. The van der Waals surface area contributed by atoms with Gasteiger partial charge in [-0.25, -0.2) is 0 Å². The molecule has 11 rings (SSSR count). The van der Waals surface area contributed by atoms with E-state index in [2.05, 4.69) is 16.0 Å². The zero-order valence-corrected chi connectivity index (χ0v) is 69.2. The fraction of sp³-hybridized carbons (Fsp3) is 0.958. The van der Waals surface area contributed by atoms with Gasteiger partial charge in [0.25, 0.3) is 0 Å². The number of ether oxygens (including phenoxy) is 21. The Kier molecular flexibility index (Phi) is 37.0. The van der Waals surface area contributed by atoms with Gasteiger partial charge in [-0.3, -0.25) is 14.4 Å². The quantitative estimate of drug-likeness (QED) is 0.0306. The maximum absolute atomic E-state index is 13.8. The number of aliphatic hydroxyl groups is 29. The normalized spacial score (nSPS) is 51.6. The molecule has 0 bridgehead atoms. The van der Waals surface area contributed by atoms with Crippen LogP contribution in [0.1, 0.15) is 41.5 Å². The fourth-order valence-electron chi connectivity index (χ4n) is 16.9. The number of rotatable bonds is 31. The first-order valence-electron chi connectivity index (χ1n) is 41.2. The van der Waals surface area contributed by atoms with Crippen molar-refractivity contribution >= 4 is 17.7 Å². The molecule has 32 N–H and O–H groups in total. The predicted octanol–water partition coefficient (Wildman–Crippen LogP) is -21.5. The first kappa shape index (κ1) is 105. The summed E-state index contributed by atoms with van der Waals surface area (Å²) in [5.41, 5.74) is 0. The van der Waals surface area contributed by atoms with Crippen LogP contribution in [0.2, 0.25) is 0 Å². The number of carbonyl (C=O) groups excluding carboxylic acids is 3. The molecule has 0 aliphatic carbocycles. The highest BCUT2D eigenvalue weighted by Crippen LogP contribution is 2.43. The molecule has 55 atom stereocenters. The molecule has 11 heterocycles. The SMILES string of the molecule is CC(=O)N[C@@H]1[C@H](O[C@H]2[C@@H](O)[C@@H](CO[C@@H]3O[C@H](CO)[C@@H](O[C@@H]4O[C@H](CO)[C@H](O)[C@H](O[C@@H]5O[C@H](CO)[C@@H](O[C@@H]6O[C@H](CO)[C@H](O)[C@H](O)[C@H]6O)[C@H](O)[C@H]5NC(C)=O)[C@H]4O)[C@H](O[C@@H]4O[C@@H](C)[C@@H](O)[C@@H](O)[C@@H]4O)[C@H]3NC(C)=O)O[C@@H](O[C@H]3[C@H](O)[C@@H](O)C(O)O[C@@H]3CO)[C@@H]2O)O[C@H](CO)[C@@H](O[C@@H]2O[C@@H](C)[C@@H](O)[C@@H](O)[C@@H]2O)[C@@H]1O[C@@H]1O[C@H](CO)[C@H](O)[C@H](O)[C@H]1O[C@@H]1O[C@@H](C)[C@@H](O)[C@@H](O)[C@@H]1O. The highest BCUT2D eigenvalue weighted by Gasteiger charge is 2.63. The lowest BCUT2D eigenvalue weighted by atomic mass is 9.93. The molecule has 1 unspecified atom stereocenters. The van der Waals surface area contributed by atoms with Crippen molar-refractivity contribution in [1.29, 1.82) is 0 Å². The van der Waals surface area contributed by atoms with E-state index in [0.29, 0.717) is 0 Å². The number of nitrogens with one attached hydrogen (secondary N) is 3. The molecule has 11 saturated heterocycles. The molecule has 56 nitrogen and oxygen atoms in total. The summed E-state index contributed by atoms with van der Waals surface area (Å²) in [7, 11) is 0. The molecule has 0 radical (unpaired) electrons. The Bertz CT molecular complexity index is 3460. The van der Waals surface area contributed by atoms with Gasteiger partial charge in [0.05, 0.1) is 71.2 Å². The second kappa shape index (κ2) is 45.1. The van der Waals surface area contributed by atoms with Gasteiger partial charge >= 0.3 is 0 Å². The molecule has 11 aliphatic rings. The Morgan fingerprint density at radius 1 is 0.219 bits per heavy atom. The van der Waals surface area contributed by atoms with Crippen molar-refractivity contribution in [1.82, 2.24) is 16.0 Å². The molecule has 128 heavy (non-hydrogen) atoms. The number of carbonyl (C=O) groups is 3. The molecule has 11 aliphatic heterocycles. The number of hydrogen-bond acceptors (Lipinski definition) is 53. The lowest BCUT2D eigenvalue weighted by Gasteiger charge is -2.52. The van der Waals surface area contributed by atoms with Crippen LogP contribution in [0.4, 0.5) is 0 Å². The van der Waals surface area contributed by atoms with Gasteiger partial charge in [0.15, 0.2) is 69.2 Å². The fourth-order valence-corrected chi connectivity index (χ4v) is 16.9. The van der Waals surface area contributed by atoms with Gasteiger partial charge in [-0.1, -0.05) is 0 Å². The summed E-state index contributed by atoms with van der Waals surface area (Å²) in [6.07, 6.45) is -108. The number of hydrogen-bond donors (Lipinski definition) is 32. The maximum atomic E-state index is 13.8. The van der Waals surface area contributed by atoms with Gasteiger partial charge in [-0.05, 0) is 20.8 Å². The van der Waals surface area contributed by atoms with Gasteiger partial charge < -0.3 is 264 Å². The summed E-state index contributed by atoms with van der Waals surface area (Å²) in [5, 5.41) is 332. The summed E-state index contributed by atoms with van der Waals surface area (Å²) in [5.74, 6) is -3.04. The molecular formula is C72H121N3O53. The second-order valence-corrected chi connectivity index (χ2v) is 33.0. The number of amides is 3. The average Bonchev–Trinajstić information content (AvgIpc) is 0.772. The third kappa shape index (κ3) is 22.5. The molecule has 3 amide bonds. The molecule has 0 spiro atoms. The highest BCUT2D eigenvalue weighted by atomic mass is 16.8. The van der Waals surface area contributed by atoms with Gasteiger partial charge in [0.2, 0.25) is 17.7 Å². The molecule has 56 heteroatoms. The Labute approximate surface area is 725 Å². The molecule has 0 aromatic rings. The zero-order chi connectivity index (χ0) is 94.1. The zero-order valence-electron chi connectivity index (χ0n) is 69.2. The summed E-state index contributed by atoms with van der Waals surface area (Å²) < 4.78 is 127. The molecule has 0 aromatic carbocycles. The van der Waals surface area contributed by atoms with Crippen LogP contribution in [0.3, 0.4) is 0 Å². The minimum absolute atomic E-state index is 0.887. The molecular weight excluding hydrogens is 1750 g/mol. The minimum Gasteiger partial charge on any atom is -0.394 e. The van der Waals surface area contributed by atoms with Crippen molar-refractivity contribution in [3.8, 4) is 0 Å². The van der Waals surface area contributed by atoms with E-state index >= 15 is 0 Å². The maximum Gasteiger partial charge on any atom is 0.217 e. The average molecular weight is 1880 g/mol. The van der Waals surface area contributed by atoms with Crippen LogP contribution in [0.15, 0.2) is 0 Å². The van der Waals surface area contributed by atoms with E-state index in [1.54, 1.807) is 0 Å². The molecule has 11 fully saturated rings. The summed E-state index contributed by atoms with van der Waals surface area (Å²) in [4.78, 5) is 40.5. The van der Waals surface area contributed by atoms with Gasteiger partial charge in [-0.2, -0.15) is 0 Å². The monoisotopic (exact) mass is 1880 g/mol. The largest absolute Gasteiger partial charge is 0.394 e. The van der Waals surface area contributed by atoms with Crippen molar-refractivity contribution in [3.05, 3.63) is 0 Å². The van der Waals surface area contributed by atoms with E-state index in [4.69, 9.17) is 99.5 Å². The lowest BCUT2D eigenvalue weighted by molar-refractivity contribution is -0.402. The molecule has 0 saturated carbocycles. The smallest absolute Gasteiger partial charge is 0.217 e. The minimum atomic E-state index is -2.57. The lowest BCUT2D eigenvalue weighted by Crippen LogP contribution is -2.72. The van der Waals surface area contributed by atoms with E-state index < -0.39 is 408 Å². The van der Waals surface area contributed by atoms with Gasteiger partial charge in [0, 0.05) is 20.8 Å². The number of aliphatic hydroxyl groups excluding tert-OH is 29. The Hall–Kier alpha value is -3.59. The van der Waals surface area contributed by atoms with E-state index in [0.717, 1.165) is 20.8 Å². The van der Waals surface area contributed by atoms with Crippen molar-refractivity contribution in [3.63, 3.8) is 0 Å². The third-order valence-electron chi connectivity index (χ3n) is 24.1. The van der Waals surface area contributed by atoms with Crippen molar-refractivity contribution in [2.24, 2.45) is 0 Å². The van der Waals surface area contributed by atoms with E-state index in [-0.39, 0.29) is 0 Å². The van der Waals surface area contributed by atoms with Crippen molar-refractivity contribution < 1.29 is 262 Å². The predicted molar refractivity (Wildman–Crippen MR) is 393 cm³/mol. The third-order valence-corrected chi connectivity index (χ3v) is 24.1. The highest BCUT2D eigenvalue weighted by molar-refractivity contribution is 5.74. The second-order valence-electron chi connectivity index (χ2n) is 33.0. The van der Waals surface area contributed by atoms with E-state index in [1.807, 2.05) is 0 Å². The van der Waals surface area contributed by atoms with Crippen LogP contribution in [0.5, 0.6) is 0 Å². The first-order valence-corrected chi connectivity index (χ1v) is 41.2. The molecule has 0 aromatic heterocycles. The molecule has 742 valence electrons. The Morgan fingerprint density at radius 3 is 0.906 bits per heavy atom. The topological polar surface area (TPSA) is 868 Å². The van der Waals surface area contributed by atoms with Crippen molar-refractivity contribution in [2.75, 3.05) is 52.9 Å². The van der Waals surface area contributed by atoms with E-state index in [9.17, 15) is 162 Å². The van der Waals surface area contributed by atoms with Crippen LogP contribution in [-0.2, 0) is 114 Å². The van der Waals surface area contributed by atoms with Crippen LogP contribution in [0.25, 0.3) is 0 Å². The first-order chi connectivity index (χ1) is 60.5. The van der Waals surface area contributed by atoms with Crippen LogP contribution in [0, 0.1) is 0 Å². The standard InChI is InChI=1S/C72H121N3O53/c1-15-32(86)40(94)47(101)66(109-15)122-56-27(13-82)118-65(31(75-20(6)85)58(56)125-72-61(44(98)36(90)22(8-77)115-72)128-68-49(103)42(96)34(88)17(3)111-68)127-60-38(92)28(119-71(52(60)106)121-54-24(10-79)112-62(107)46(100)45(54)99)14-108-63-30(74-19(5)84)57(124-67-48(102)41(95)33(87)16(2)110-67)55(26(12-81)116-63)123-70-51(105)59(37(91)23(9-78)114-70)126-64-29(73-18(4)83)39(93)53(25(11-80)117-64)120-69-50(104)43(97)35(89)21(7-76)113-69/h15-17,21-72,76-82,86-107H,7-14H2,1-6H3,(H,73,83)(H,74,84)(H,75,85)/t15-,16-,17-,21+,22+,23+,24+,25+,26+,27+,28+,29+,30+,31-,32+,33+,34+,35-,36-,37-,38-,39+,40+,41+,42+,43-,44-,45+,46+,47-,48-,49-,50+,51+,52+,53+,54+,55+,56+,57+,58+,59-,60-,61+,62?,63+,64-,65-,66-,67-,68-,69-,70-,71-,72-/m0/s1. The van der Waals surface area contributed by atoms with Crippen LogP contribution in [-0.4, -0.2) is 556 Å². The summed E-state index contributed by atoms with van der Waals surface area (Å²) >= 11 is 0. The van der Waals surface area contributed by atoms with Gasteiger partial charge in [0.1, 0.15) is 250 Å². The summed E-state index contributed by atoms with van der Waals surface area (Å²) in [6.45, 7) is -2.90. The van der Waals surface area contributed by atoms with E-state index in [1.165, 1.54) is 20.8 Å².